The summed E-state index contributed by atoms with van der Waals surface area (Å²) in [4.78, 5) is 2.76. The minimum Gasteiger partial charge on any atom is -0.300 e. The smallest absolute Gasteiger partial charge is 0.00388 e. The van der Waals surface area contributed by atoms with Gasteiger partial charge in [0.25, 0.3) is 0 Å². The van der Waals surface area contributed by atoms with Gasteiger partial charge in [-0.25, -0.2) is 0 Å². The Labute approximate surface area is 132 Å². The monoisotopic (exact) mass is 291 g/mol. The molecule has 1 heterocycles. The molecule has 1 heteroatoms. The first kappa shape index (κ1) is 15.8. The van der Waals surface area contributed by atoms with Gasteiger partial charge < -0.3 is 4.90 Å². The highest BCUT2D eigenvalue weighted by molar-refractivity contribution is 5.13. The second-order valence-electron chi connectivity index (χ2n) is 10.7. The van der Waals surface area contributed by atoms with Crippen molar-refractivity contribution in [2.45, 2.75) is 67.9 Å². The average Bonchev–Trinajstić information content (AvgIpc) is 2.95. The van der Waals surface area contributed by atoms with Crippen molar-refractivity contribution >= 4 is 0 Å². The molecule has 2 saturated carbocycles. The molecule has 3 aliphatic rings. The predicted octanol–water partition coefficient (Wildman–Crippen LogP) is 4.92. The standard InChI is InChI=1S/C20H37N/c1-12(2)21-10-15-13-9-14(16(15)11-21)18(20(6,7)8)17(13)19(3,4)5/h12-18H,9-11H2,1-8H3. The molecule has 1 saturated heterocycles. The van der Waals surface area contributed by atoms with Gasteiger partial charge >= 0.3 is 0 Å². The van der Waals surface area contributed by atoms with Crippen LogP contribution in [-0.4, -0.2) is 24.0 Å². The molecular weight excluding hydrogens is 254 g/mol. The van der Waals surface area contributed by atoms with Crippen LogP contribution in [0.15, 0.2) is 0 Å². The molecule has 6 unspecified atom stereocenters. The normalized spacial score (nSPS) is 43.9. The van der Waals surface area contributed by atoms with E-state index in [0.717, 1.165) is 41.5 Å². The molecule has 2 aliphatic carbocycles. The first-order valence-electron chi connectivity index (χ1n) is 9.26. The van der Waals surface area contributed by atoms with Gasteiger partial charge in [-0.05, 0) is 66.6 Å². The van der Waals surface area contributed by atoms with E-state index in [1.807, 2.05) is 0 Å². The van der Waals surface area contributed by atoms with E-state index in [1.165, 1.54) is 19.5 Å². The minimum absolute atomic E-state index is 0.466. The fourth-order valence-corrected chi connectivity index (χ4v) is 6.60. The van der Waals surface area contributed by atoms with Crippen LogP contribution >= 0.6 is 0 Å². The third-order valence-electron chi connectivity index (χ3n) is 7.12. The van der Waals surface area contributed by atoms with E-state index in [4.69, 9.17) is 0 Å². The summed E-state index contributed by atoms with van der Waals surface area (Å²) in [7, 11) is 0. The second kappa shape index (κ2) is 4.73. The molecule has 2 bridgehead atoms. The number of hydrogen-bond donors (Lipinski definition) is 0. The molecule has 0 aromatic heterocycles. The van der Waals surface area contributed by atoms with Crippen molar-refractivity contribution < 1.29 is 0 Å². The Kier molecular flexibility index (Phi) is 3.57. The van der Waals surface area contributed by atoms with Crippen LogP contribution in [0.2, 0.25) is 0 Å². The minimum atomic E-state index is 0.466. The molecule has 1 aliphatic heterocycles. The highest BCUT2D eigenvalue weighted by atomic mass is 15.2. The van der Waals surface area contributed by atoms with Crippen LogP contribution in [0.1, 0.15) is 61.8 Å². The molecule has 3 rings (SSSR count). The highest BCUT2D eigenvalue weighted by Gasteiger charge is 2.64. The van der Waals surface area contributed by atoms with E-state index in [1.54, 1.807) is 0 Å². The van der Waals surface area contributed by atoms with Crippen LogP contribution < -0.4 is 0 Å². The van der Waals surface area contributed by atoms with Crippen molar-refractivity contribution in [3.63, 3.8) is 0 Å². The number of hydrogen-bond acceptors (Lipinski definition) is 1. The van der Waals surface area contributed by atoms with Crippen molar-refractivity contribution in [2.24, 2.45) is 46.3 Å². The summed E-state index contributed by atoms with van der Waals surface area (Å²) in [5.74, 6) is 5.84. The van der Waals surface area contributed by atoms with Gasteiger partial charge in [-0.1, -0.05) is 41.5 Å². The summed E-state index contributed by atoms with van der Waals surface area (Å²) in [6, 6.07) is 0.733. The van der Waals surface area contributed by atoms with Gasteiger partial charge in [0.2, 0.25) is 0 Å². The maximum atomic E-state index is 2.76. The zero-order chi connectivity index (χ0) is 15.7. The van der Waals surface area contributed by atoms with Gasteiger partial charge in [-0.15, -0.1) is 0 Å². The lowest BCUT2D eigenvalue weighted by Gasteiger charge is -2.49. The zero-order valence-corrected chi connectivity index (χ0v) is 15.6. The van der Waals surface area contributed by atoms with E-state index < -0.39 is 0 Å². The fraction of sp³-hybridized carbons (Fsp3) is 1.00. The molecule has 3 fully saturated rings. The first-order valence-corrected chi connectivity index (χ1v) is 9.26. The lowest BCUT2D eigenvalue weighted by atomic mass is 9.55. The van der Waals surface area contributed by atoms with E-state index in [-0.39, 0.29) is 0 Å². The molecule has 1 nitrogen and oxygen atoms in total. The van der Waals surface area contributed by atoms with Crippen molar-refractivity contribution in [2.75, 3.05) is 13.1 Å². The van der Waals surface area contributed by atoms with Crippen LogP contribution in [0.25, 0.3) is 0 Å². The van der Waals surface area contributed by atoms with Gasteiger partial charge in [-0.2, -0.15) is 0 Å². The topological polar surface area (TPSA) is 3.24 Å². The van der Waals surface area contributed by atoms with Gasteiger partial charge in [0.1, 0.15) is 0 Å². The molecule has 0 N–H and O–H groups in total. The van der Waals surface area contributed by atoms with Crippen molar-refractivity contribution in [3.05, 3.63) is 0 Å². The molecular formula is C20H37N. The van der Waals surface area contributed by atoms with Crippen molar-refractivity contribution in [3.8, 4) is 0 Å². The van der Waals surface area contributed by atoms with Crippen LogP contribution in [0.4, 0.5) is 0 Å². The van der Waals surface area contributed by atoms with E-state index in [0.29, 0.717) is 10.8 Å². The Hall–Kier alpha value is -0.0400. The third kappa shape index (κ3) is 2.38. The van der Waals surface area contributed by atoms with Crippen LogP contribution in [-0.2, 0) is 0 Å². The second-order valence-corrected chi connectivity index (χ2v) is 10.7. The van der Waals surface area contributed by atoms with Crippen LogP contribution in [0.5, 0.6) is 0 Å². The molecule has 21 heavy (non-hydrogen) atoms. The Bertz CT molecular complexity index is 363. The summed E-state index contributed by atoms with van der Waals surface area (Å²) in [6.45, 7) is 22.5. The van der Waals surface area contributed by atoms with Crippen molar-refractivity contribution in [1.82, 2.24) is 4.90 Å². The van der Waals surface area contributed by atoms with Gasteiger partial charge in [0, 0.05) is 19.1 Å². The quantitative estimate of drug-likeness (QED) is 0.663. The van der Waals surface area contributed by atoms with Gasteiger partial charge in [-0.3, -0.25) is 0 Å². The lowest BCUT2D eigenvalue weighted by Crippen LogP contribution is -2.45. The Morgan fingerprint density at radius 1 is 0.714 bits per heavy atom. The molecule has 122 valence electrons. The van der Waals surface area contributed by atoms with E-state index >= 15 is 0 Å². The summed E-state index contributed by atoms with van der Waals surface area (Å²) >= 11 is 0. The summed E-state index contributed by atoms with van der Waals surface area (Å²) in [5, 5.41) is 0. The Morgan fingerprint density at radius 2 is 1.10 bits per heavy atom. The molecule has 0 aromatic carbocycles. The van der Waals surface area contributed by atoms with Gasteiger partial charge in [0.15, 0.2) is 0 Å². The molecule has 0 spiro atoms. The maximum Gasteiger partial charge on any atom is 0.00388 e. The van der Waals surface area contributed by atoms with E-state index in [2.05, 4.69) is 60.3 Å². The molecule has 0 aromatic rings. The zero-order valence-electron chi connectivity index (χ0n) is 15.6. The van der Waals surface area contributed by atoms with E-state index in [9.17, 15) is 0 Å². The number of likely N-dealkylation sites (tertiary alicyclic amines) is 1. The van der Waals surface area contributed by atoms with Crippen LogP contribution in [0, 0.1) is 46.3 Å². The average molecular weight is 292 g/mol. The number of nitrogens with zero attached hydrogens (tertiary/aromatic N) is 1. The molecule has 6 atom stereocenters. The summed E-state index contributed by atoms with van der Waals surface area (Å²) in [6.07, 6.45) is 1.53. The largest absolute Gasteiger partial charge is 0.300 e. The molecule has 0 amide bonds. The summed E-state index contributed by atoms with van der Waals surface area (Å²) < 4.78 is 0. The van der Waals surface area contributed by atoms with Crippen molar-refractivity contribution in [1.29, 1.82) is 0 Å². The van der Waals surface area contributed by atoms with Gasteiger partial charge in [0.05, 0.1) is 0 Å². The fourth-order valence-electron chi connectivity index (χ4n) is 6.60. The number of fused-ring (bicyclic) bond motifs is 5. The summed E-state index contributed by atoms with van der Waals surface area (Å²) in [5.41, 5.74) is 0.932. The SMILES string of the molecule is CC(C)N1CC2C(C1)C1CC2C(C(C)(C)C)C1C(C)(C)C. The first-order chi connectivity index (χ1) is 9.51. The lowest BCUT2D eigenvalue weighted by molar-refractivity contribution is -0.0144. The van der Waals surface area contributed by atoms with Crippen LogP contribution in [0.3, 0.4) is 0 Å². The molecule has 0 radical (unpaired) electrons. The predicted molar refractivity (Wildman–Crippen MR) is 91.2 cm³/mol. The Morgan fingerprint density at radius 3 is 1.38 bits per heavy atom. The third-order valence-corrected chi connectivity index (χ3v) is 7.12. The maximum absolute atomic E-state index is 2.76. The Balaban J connectivity index is 1.92. The highest BCUT2D eigenvalue weighted by Crippen LogP contribution is 2.67. The number of rotatable bonds is 1.